The number of amides is 4. The predicted molar refractivity (Wildman–Crippen MR) is 261 cm³/mol. The summed E-state index contributed by atoms with van der Waals surface area (Å²) in [5, 5.41) is 23.5. The first-order valence-electron chi connectivity index (χ1n) is 21.5. The Balaban J connectivity index is 0.000000412. The first-order chi connectivity index (χ1) is 32.1. The molecule has 0 spiro atoms. The highest BCUT2D eigenvalue weighted by atomic mass is 32.2. The SMILES string of the molecule is CC(C)c1nc(CN(C)C(=O)N[C@H](C(=O)N[C@@H](Cc2ccccc2)C[C@H](O)[C@H](Cc2ccccc2)NC(=O)OCc2cncs2)C(C)C)cs1.Nc1ccc(S(=O)(=O)Nc2ncccn2)cc1. The van der Waals surface area contributed by atoms with Crippen LogP contribution in [0.3, 0.4) is 0 Å². The lowest BCUT2D eigenvalue weighted by molar-refractivity contribution is -0.124. The van der Waals surface area contributed by atoms with Gasteiger partial charge in [0, 0.05) is 48.7 Å². The van der Waals surface area contributed by atoms with Gasteiger partial charge >= 0.3 is 12.1 Å². The molecular weight excluding hydrogens is 913 g/mol. The largest absolute Gasteiger partial charge is 0.444 e. The zero-order valence-corrected chi connectivity index (χ0v) is 40.4. The van der Waals surface area contributed by atoms with Gasteiger partial charge in [0.05, 0.1) is 44.7 Å². The van der Waals surface area contributed by atoms with Crippen molar-refractivity contribution < 1.29 is 32.6 Å². The van der Waals surface area contributed by atoms with Crippen LogP contribution in [-0.2, 0) is 45.5 Å². The number of rotatable bonds is 20. The number of nitrogens with two attached hydrogens (primary N) is 1. The second-order valence-corrected chi connectivity index (χ2v) is 19.8. The van der Waals surface area contributed by atoms with Gasteiger partial charge in [-0.2, -0.15) is 0 Å². The van der Waals surface area contributed by atoms with E-state index in [2.05, 4.69) is 54.5 Å². The predicted octanol–water partition coefficient (Wildman–Crippen LogP) is 6.76. The van der Waals surface area contributed by atoms with Gasteiger partial charge in [0.1, 0.15) is 12.6 Å². The number of nitrogen functional groups attached to an aromatic ring is 1. The van der Waals surface area contributed by atoms with Crippen LogP contribution < -0.4 is 26.4 Å². The smallest absolute Gasteiger partial charge is 0.407 e. The second-order valence-electron chi connectivity index (χ2n) is 16.3. The number of thiazole rings is 2. The van der Waals surface area contributed by atoms with E-state index in [9.17, 15) is 27.9 Å². The highest BCUT2D eigenvalue weighted by Crippen LogP contribution is 2.21. The van der Waals surface area contributed by atoms with Crippen molar-refractivity contribution in [1.29, 1.82) is 0 Å². The maximum atomic E-state index is 13.9. The number of carbonyl (C=O) groups is 3. The number of aliphatic hydroxyl groups excluding tert-OH is 1. The number of carbonyl (C=O) groups excluding carboxylic acids is 3. The number of anilines is 2. The molecule has 0 fully saturated rings. The van der Waals surface area contributed by atoms with Crippen LogP contribution in [0.15, 0.2) is 125 Å². The zero-order chi connectivity index (χ0) is 48.3. The molecule has 0 aliphatic heterocycles. The third-order valence-electron chi connectivity index (χ3n) is 10.1. The van der Waals surface area contributed by atoms with E-state index in [1.165, 1.54) is 52.9 Å². The number of urea groups is 1. The van der Waals surface area contributed by atoms with Crippen molar-refractivity contribution in [3.8, 4) is 0 Å². The van der Waals surface area contributed by atoms with Gasteiger partial charge in [-0.15, -0.1) is 22.7 Å². The van der Waals surface area contributed by atoms with Gasteiger partial charge in [-0.25, -0.2) is 37.7 Å². The summed E-state index contributed by atoms with van der Waals surface area (Å²) in [6, 6.07) is 24.2. The first-order valence-corrected chi connectivity index (χ1v) is 24.8. The van der Waals surface area contributed by atoms with Crippen LogP contribution in [0.1, 0.15) is 66.7 Å². The van der Waals surface area contributed by atoms with Gasteiger partial charge in [-0.1, -0.05) is 88.4 Å². The molecule has 3 aromatic heterocycles. The third kappa shape index (κ3) is 17.0. The highest BCUT2D eigenvalue weighted by molar-refractivity contribution is 7.92. The summed E-state index contributed by atoms with van der Waals surface area (Å²) >= 11 is 2.95. The number of nitrogens with zero attached hydrogens (tertiary/aromatic N) is 5. The van der Waals surface area contributed by atoms with Gasteiger partial charge in [-0.05, 0) is 66.6 Å². The number of nitrogens with one attached hydrogen (secondary N) is 4. The minimum atomic E-state index is -3.66. The fourth-order valence-corrected chi connectivity index (χ4v) is 8.85. The van der Waals surface area contributed by atoms with Crippen LogP contribution in [0.25, 0.3) is 0 Å². The van der Waals surface area contributed by atoms with E-state index in [4.69, 9.17) is 10.5 Å². The number of alkyl carbamates (subject to hydrolysis) is 1. The molecule has 0 bridgehead atoms. The van der Waals surface area contributed by atoms with Gasteiger partial charge < -0.3 is 36.4 Å². The normalized spacial score (nSPS) is 13.0. The highest BCUT2D eigenvalue weighted by Gasteiger charge is 2.31. The number of sulfonamides is 1. The molecule has 20 heteroatoms. The van der Waals surface area contributed by atoms with E-state index < -0.39 is 40.3 Å². The summed E-state index contributed by atoms with van der Waals surface area (Å²) < 4.78 is 31.5. The zero-order valence-electron chi connectivity index (χ0n) is 38.0. The molecule has 3 aromatic carbocycles. The average Bonchev–Trinajstić information content (AvgIpc) is 4.01. The summed E-state index contributed by atoms with van der Waals surface area (Å²) in [5.74, 6) is -0.245. The van der Waals surface area contributed by atoms with Gasteiger partial charge in [-0.3, -0.25) is 9.78 Å². The molecular formula is C47H58N10O7S3. The van der Waals surface area contributed by atoms with Crippen molar-refractivity contribution in [2.24, 2.45) is 5.92 Å². The molecule has 3 heterocycles. The molecule has 0 saturated heterocycles. The van der Waals surface area contributed by atoms with Crippen LogP contribution in [0.4, 0.5) is 21.2 Å². The molecule has 356 valence electrons. The fourth-order valence-electron chi connectivity index (χ4n) is 6.56. The summed E-state index contributed by atoms with van der Waals surface area (Å²) in [6.07, 6.45) is 3.74. The number of hydrogen-bond acceptors (Lipinski definition) is 14. The quantitative estimate of drug-likeness (QED) is 0.0435. The Morgan fingerprint density at radius 3 is 2.06 bits per heavy atom. The molecule has 67 heavy (non-hydrogen) atoms. The second kappa shape index (κ2) is 25.4. The molecule has 4 atom stereocenters. The third-order valence-corrected chi connectivity index (χ3v) is 13.4. The summed E-state index contributed by atoms with van der Waals surface area (Å²) in [6.45, 7) is 8.28. The van der Waals surface area contributed by atoms with Crippen molar-refractivity contribution in [3.05, 3.63) is 147 Å². The Morgan fingerprint density at radius 2 is 1.48 bits per heavy atom. The van der Waals surface area contributed by atoms with Crippen molar-refractivity contribution in [1.82, 2.24) is 40.8 Å². The molecule has 0 aliphatic carbocycles. The lowest BCUT2D eigenvalue weighted by Crippen LogP contribution is -2.55. The summed E-state index contributed by atoms with van der Waals surface area (Å²) in [7, 11) is -1.98. The minimum absolute atomic E-state index is 0.0318. The molecule has 6 aromatic rings. The van der Waals surface area contributed by atoms with E-state index in [1.54, 1.807) is 36.2 Å². The molecule has 0 aliphatic rings. The maximum Gasteiger partial charge on any atom is 0.407 e. The molecule has 0 radical (unpaired) electrons. The lowest BCUT2D eigenvalue weighted by atomic mass is 9.93. The van der Waals surface area contributed by atoms with Gasteiger partial charge in [0.25, 0.3) is 10.0 Å². The lowest BCUT2D eigenvalue weighted by Gasteiger charge is -2.30. The van der Waals surface area contributed by atoms with Crippen LogP contribution in [0.5, 0.6) is 0 Å². The van der Waals surface area contributed by atoms with Gasteiger partial charge in [0.2, 0.25) is 11.9 Å². The maximum absolute atomic E-state index is 13.9. The minimum Gasteiger partial charge on any atom is -0.444 e. The van der Waals surface area contributed by atoms with Crippen molar-refractivity contribution in [2.45, 2.75) is 95.2 Å². The van der Waals surface area contributed by atoms with E-state index >= 15 is 0 Å². The number of benzene rings is 3. The number of ether oxygens (including phenoxy) is 1. The molecule has 6 rings (SSSR count). The molecule has 0 saturated carbocycles. The first kappa shape index (κ1) is 51.5. The summed E-state index contributed by atoms with van der Waals surface area (Å²) in [5.41, 5.74) is 10.3. The average molecular weight is 971 g/mol. The van der Waals surface area contributed by atoms with Crippen molar-refractivity contribution in [2.75, 3.05) is 17.5 Å². The summed E-state index contributed by atoms with van der Waals surface area (Å²) in [4.78, 5) is 58.6. The van der Waals surface area contributed by atoms with E-state index in [-0.39, 0.29) is 41.7 Å². The Labute approximate surface area is 399 Å². The number of hydrogen-bond donors (Lipinski definition) is 6. The Bertz CT molecular complexity index is 2530. The van der Waals surface area contributed by atoms with E-state index in [1.807, 2.05) is 79.9 Å². The van der Waals surface area contributed by atoms with E-state index in [0.717, 1.165) is 26.7 Å². The van der Waals surface area contributed by atoms with Crippen molar-refractivity contribution in [3.63, 3.8) is 0 Å². The van der Waals surface area contributed by atoms with Crippen LogP contribution in [0.2, 0.25) is 0 Å². The Hall–Kier alpha value is -6.48. The van der Waals surface area contributed by atoms with Gasteiger partial charge in [0.15, 0.2) is 0 Å². The molecule has 0 unspecified atom stereocenters. The number of aromatic nitrogens is 4. The standard InChI is InChI=1S/C37H48N6O5S2.C10H10N4O2S/c1-24(2)33(42-36(46)43(5)20-29-22-49-35(40-29)25(3)4)34(45)39-28(16-26-12-8-6-9-13-26)18-32(44)31(17-27-14-10-7-11-15-27)41-37(47)48-21-30-19-38-23-50-30;11-8-2-4-9(5-3-8)17(15,16)14-10-12-6-1-7-13-10/h6-15,19,22-25,28,31-33,44H,16-18,20-21H2,1-5H3,(H,39,45)(H,41,47)(H,42,46);1-7H,11H2,(H,12,13,14)/t28-,31-,32-,33-;/m0./s1. The Kier molecular flexibility index (Phi) is 19.6. The molecule has 4 amide bonds. The fraction of sp³-hybridized carbons (Fsp3) is 0.340. The number of aliphatic hydroxyl groups is 1. The molecule has 7 N–H and O–H groups in total. The van der Waals surface area contributed by atoms with E-state index in [0.29, 0.717) is 31.0 Å². The monoisotopic (exact) mass is 970 g/mol. The topological polar surface area (TPSA) is 244 Å². The molecule has 17 nitrogen and oxygen atoms in total. The van der Waals surface area contributed by atoms with Crippen LogP contribution >= 0.6 is 22.7 Å². The van der Waals surface area contributed by atoms with Crippen LogP contribution in [0, 0.1) is 5.92 Å². The van der Waals surface area contributed by atoms with Crippen molar-refractivity contribution >= 4 is 62.4 Å². The Morgan fingerprint density at radius 1 is 0.836 bits per heavy atom. The van der Waals surface area contributed by atoms with Crippen LogP contribution in [-0.4, -0.2) is 87.7 Å².